The fraction of sp³-hybridized carbons (Fsp3) is 0.0588. The van der Waals surface area contributed by atoms with E-state index in [1.165, 1.54) is 11.1 Å². The van der Waals surface area contributed by atoms with Crippen molar-refractivity contribution in [1.82, 2.24) is 0 Å². The zero-order chi connectivity index (χ0) is 13.9. The second-order valence-corrected chi connectivity index (χ2v) is 6.27. The Kier molecular flexibility index (Phi) is 4.11. The van der Waals surface area contributed by atoms with E-state index in [0.717, 1.165) is 15.5 Å². The third-order valence-electron chi connectivity index (χ3n) is 3.19. The number of alkyl halides is 1. The van der Waals surface area contributed by atoms with Gasteiger partial charge in [-0.1, -0.05) is 66.2 Å². The minimum atomic E-state index is -0.188. The van der Waals surface area contributed by atoms with E-state index in [0.29, 0.717) is 0 Å². The Balaban J connectivity index is 1.89. The molecule has 3 heteroatoms. The molecule has 0 aliphatic heterocycles. The molecule has 0 nitrogen and oxygen atoms in total. The van der Waals surface area contributed by atoms with Gasteiger partial charge in [0.25, 0.3) is 0 Å². The minimum absolute atomic E-state index is 0.188. The molecule has 0 spiro atoms. The topological polar surface area (TPSA) is 0 Å². The highest BCUT2D eigenvalue weighted by atomic mass is 35.5. The Morgan fingerprint density at radius 2 is 1.45 bits per heavy atom. The molecule has 1 aromatic heterocycles. The third kappa shape index (κ3) is 2.76. The van der Waals surface area contributed by atoms with Crippen LogP contribution >= 0.6 is 34.5 Å². The monoisotopic (exact) mass is 318 g/mol. The zero-order valence-electron chi connectivity index (χ0n) is 10.6. The average molecular weight is 319 g/mol. The van der Waals surface area contributed by atoms with Gasteiger partial charge in [0.15, 0.2) is 0 Å². The molecule has 0 amide bonds. The molecular weight excluding hydrogens is 307 g/mol. The molecule has 0 bridgehead atoms. The number of benzene rings is 2. The highest BCUT2D eigenvalue weighted by Crippen LogP contribution is 2.37. The number of halogens is 2. The van der Waals surface area contributed by atoms with Crippen molar-refractivity contribution in [3.63, 3.8) is 0 Å². The van der Waals surface area contributed by atoms with Gasteiger partial charge in [0.1, 0.15) is 0 Å². The lowest BCUT2D eigenvalue weighted by Gasteiger charge is -2.10. The molecule has 1 unspecified atom stereocenters. The van der Waals surface area contributed by atoms with Crippen molar-refractivity contribution in [3.05, 3.63) is 81.5 Å². The molecule has 0 aliphatic carbocycles. The van der Waals surface area contributed by atoms with Crippen LogP contribution in [0.15, 0.2) is 66.0 Å². The van der Waals surface area contributed by atoms with Crippen molar-refractivity contribution in [2.24, 2.45) is 0 Å². The SMILES string of the molecule is Clc1ccsc1C(Cl)c1ccc(-c2ccccc2)cc1. The summed E-state index contributed by atoms with van der Waals surface area (Å²) in [7, 11) is 0. The summed E-state index contributed by atoms with van der Waals surface area (Å²) in [5.41, 5.74) is 3.46. The van der Waals surface area contributed by atoms with E-state index in [9.17, 15) is 0 Å². The average Bonchev–Trinajstić information content (AvgIpc) is 2.94. The van der Waals surface area contributed by atoms with Crippen LogP contribution < -0.4 is 0 Å². The quantitative estimate of drug-likeness (QED) is 0.490. The molecule has 2 aromatic carbocycles. The van der Waals surface area contributed by atoms with Gasteiger partial charge in [-0.05, 0) is 28.1 Å². The van der Waals surface area contributed by atoms with Gasteiger partial charge in [-0.25, -0.2) is 0 Å². The van der Waals surface area contributed by atoms with Crippen molar-refractivity contribution in [3.8, 4) is 11.1 Å². The molecule has 0 saturated carbocycles. The van der Waals surface area contributed by atoms with Crippen LogP contribution in [-0.2, 0) is 0 Å². The first-order valence-corrected chi connectivity index (χ1v) is 7.97. The minimum Gasteiger partial charge on any atom is -0.145 e. The second kappa shape index (κ2) is 6.01. The van der Waals surface area contributed by atoms with Crippen LogP contribution in [0.1, 0.15) is 15.8 Å². The first kappa shape index (κ1) is 13.7. The van der Waals surface area contributed by atoms with Crippen LogP contribution in [0.4, 0.5) is 0 Å². The smallest absolute Gasteiger partial charge is 0.0942 e. The second-order valence-electron chi connectivity index (χ2n) is 4.48. The molecule has 1 heterocycles. The molecule has 0 radical (unpaired) electrons. The summed E-state index contributed by atoms with van der Waals surface area (Å²) in [5.74, 6) is 0. The summed E-state index contributed by atoms with van der Waals surface area (Å²) in [4.78, 5) is 1.00. The summed E-state index contributed by atoms with van der Waals surface area (Å²) in [6.45, 7) is 0. The largest absolute Gasteiger partial charge is 0.145 e. The summed E-state index contributed by atoms with van der Waals surface area (Å²) < 4.78 is 0. The van der Waals surface area contributed by atoms with E-state index in [1.54, 1.807) is 11.3 Å². The van der Waals surface area contributed by atoms with Crippen molar-refractivity contribution in [2.75, 3.05) is 0 Å². The van der Waals surface area contributed by atoms with Crippen LogP contribution in [0.25, 0.3) is 11.1 Å². The highest BCUT2D eigenvalue weighted by molar-refractivity contribution is 7.11. The van der Waals surface area contributed by atoms with Gasteiger partial charge in [0.05, 0.1) is 10.4 Å². The van der Waals surface area contributed by atoms with Gasteiger partial charge in [-0.15, -0.1) is 22.9 Å². The predicted octanol–water partition coefficient (Wildman–Crippen LogP) is 6.40. The maximum atomic E-state index is 6.50. The number of rotatable bonds is 3. The predicted molar refractivity (Wildman–Crippen MR) is 88.9 cm³/mol. The normalized spacial score (nSPS) is 12.3. The van der Waals surface area contributed by atoms with E-state index >= 15 is 0 Å². The first-order chi connectivity index (χ1) is 9.75. The summed E-state index contributed by atoms with van der Waals surface area (Å²) in [5, 5.41) is 2.51. The zero-order valence-corrected chi connectivity index (χ0v) is 12.9. The van der Waals surface area contributed by atoms with Gasteiger partial charge in [-0.2, -0.15) is 0 Å². The van der Waals surface area contributed by atoms with E-state index in [2.05, 4.69) is 36.4 Å². The molecule has 20 heavy (non-hydrogen) atoms. The van der Waals surface area contributed by atoms with Gasteiger partial charge >= 0.3 is 0 Å². The van der Waals surface area contributed by atoms with Crippen LogP contribution in [0.5, 0.6) is 0 Å². The molecule has 100 valence electrons. The summed E-state index contributed by atoms with van der Waals surface area (Å²) >= 11 is 14.2. The van der Waals surface area contributed by atoms with E-state index < -0.39 is 0 Å². The fourth-order valence-electron chi connectivity index (χ4n) is 2.11. The maximum absolute atomic E-state index is 6.50. The van der Waals surface area contributed by atoms with Crippen LogP contribution in [0.3, 0.4) is 0 Å². The number of hydrogen-bond donors (Lipinski definition) is 0. The number of thiophene rings is 1. The van der Waals surface area contributed by atoms with Crippen molar-refractivity contribution < 1.29 is 0 Å². The lowest BCUT2D eigenvalue weighted by molar-refractivity contribution is 1.19. The highest BCUT2D eigenvalue weighted by Gasteiger charge is 2.15. The molecular formula is C17H12Cl2S. The Hall–Kier alpha value is -1.28. The summed E-state index contributed by atoms with van der Waals surface area (Å²) in [6, 6.07) is 20.5. The van der Waals surface area contributed by atoms with Gasteiger partial charge in [0.2, 0.25) is 0 Å². The number of hydrogen-bond acceptors (Lipinski definition) is 1. The van der Waals surface area contributed by atoms with Crippen LogP contribution in [0.2, 0.25) is 5.02 Å². The Labute approximate surface area is 132 Å². The molecule has 3 rings (SSSR count). The molecule has 1 atom stereocenters. The summed E-state index contributed by atoms with van der Waals surface area (Å²) in [6.07, 6.45) is 0. The third-order valence-corrected chi connectivity index (χ3v) is 5.21. The van der Waals surface area contributed by atoms with Gasteiger partial charge < -0.3 is 0 Å². The maximum Gasteiger partial charge on any atom is 0.0942 e. The fourth-order valence-corrected chi connectivity index (χ4v) is 3.75. The standard InChI is InChI=1S/C17H12Cl2S/c18-15-10-11-20-17(15)16(19)14-8-6-13(7-9-14)12-4-2-1-3-5-12/h1-11,16H. The van der Waals surface area contributed by atoms with Gasteiger partial charge in [0, 0.05) is 4.88 Å². The Morgan fingerprint density at radius 3 is 2.05 bits per heavy atom. The Bertz CT molecular complexity index is 687. The molecule has 0 N–H and O–H groups in total. The lowest BCUT2D eigenvalue weighted by Crippen LogP contribution is -1.90. The van der Waals surface area contributed by atoms with Crippen molar-refractivity contribution in [1.29, 1.82) is 0 Å². The van der Waals surface area contributed by atoms with E-state index in [-0.39, 0.29) is 5.38 Å². The lowest BCUT2D eigenvalue weighted by atomic mass is 10.0. The molecule has 0 saturated heterocycles. The molecule has 3 aromatic rings. The van der Waals surface area contributed by atoms with E-state index in [1.807, 2.05) is 29.6 Å². The molecule has 0 fully saturated rings. The van der Waals surface area contributed by atoms with E-state index in [4.69, 9.17) is 23.2 Å². The van der Waals surface area contributed by atoms with Crippen molar-refractivity contribution >= 4 is 34.5 Å². The van der Waals surface area contributed by atoms with Gasteiger partial charge in [-0.3, -0.25) is 0 Å². The van der Waals surface area contributed by atoms with Crippen LogP contribution in [0, 0.1) is 0 Å². The first-order valence-electron chi connectivity index (χ1n) is 6.28. The van der Waals surface area contributed by atoms with Crippen molar-refractivity contribution in [2.45, 2.75) is 5.38 Å². The van der Waals surface area contributed by atoms with Crippen LogP contribution in [-0.4, -0.2) is 0 Å². The Morgan fingerprint density at radius 1 is 0.800 bits per heavy atom. The molecule has 0 aliphatic rings.